The number of ether oxygens (including phenoxy) is 6. The summed E-state index contributed by atoms with van der Waals surface area (Å²) >= 11 is 0. The highest BCUT2D eigenvalue weighted by Gasteiger charge is 2.50. The van der Waals surface area contributed by atoms with Gasteiger partial charge in [-0.1, -0.05) is 310 Å². The van der Waals surface area contributed by atoms with Gasteiger partial charge < -0.3 is 66.9 Å². The van der Waals surface area contributed by atoms with Gasteiger partial charge >= 0.3 is 44.7 Å². The number of aliphatic hydroxyl groups is 2. The standard InChI is InChI=1S/C25H53O8P2.C23H50O9P2.C23H48O5P/c1-5-6-7-8-9-10-11-12-13-14-15-16-17-18-19-20-21-32-22-24(29-2)23-33-35(28,31-4)25(26)34(27)30-3;1-3-4-5-6-7-8-9-10-11-12-13-14-15-16-17-18-19-31-20-22(30-2)21-32-34(28,29)23(24)33(25,26)27;1-4-5-6-7-8-9-10-11-12-13-14-15-16-17-18-19-20-27-21-23(25-2)22-28-29(24)26-3/h24-26H,5-23H2,1-4H3;22-24H,3-21H2,1-2H3,(H,28,29)(H2,25,26,27);23H,4-22H2,1-3H3/q+1;;+1/t24-,25?,35?;22-,23?;/m11./s1. The zero-order chi connectivity index (χ0) is 73.3. The average Bonchev–Trinajstić information content (AvgIpc) is 0.854. The van der Waals surface area contributed by atoms with Crippen LogP contribution in [0.5, 0.6) is 0 Å². The van der Waals surface area contributed by atoms with Crippen molar-refractivity contribution in [2.24, 2.45) is 0 Å². The van der Waals surface area contributed by atoms with Crippen molar-refractivity contribution in [2.45, 2.75) is 358 Å². The molecule has 5 N–H and O–H groups in total. The highest BCUT2D eigenvalue weighted by atomic mass is 31.2. The monoisotopic (exact) mass is 1510 g/mol. The first-order chi connectivity index (χ1) is 47.3. The predicted molar refractivity (Wildman–Crippen MR) is 399 cm³/mol. The summed E-state index contributed by atoms with van der Waals surface area (Å²) in [7, 11) is -10.6. The Morgan fingerprint density at radius 1 is 0.327 bits per heavy atom. The summed E-state index contributed by atoms with van der Waals surface area (Å²) in [5.74, 6) is 0. The summed E-state index contributed by atoms with van der Waals surface area (Å²) in [5.41, 5.74) is -4.63. The maximum absolute atomic E-state index is 12.5. The van der Waals surface area contributed by atoms with Crippen molar-refractivity contribution < 1.29 is 103 Å². The molecule has 27 heteroatoms. The number of hydrogen-bond donors (Lipinski definition) is 5. The summed E-state index contributed by atoms with van der Waals surface area (Å²) in [5, 5.41) is 19.1. The van der Waals surface area contributed by atoms with Crippen LogP contribution in [0.15, 0.2) is 0 Å². The molecule has 0 bridgehead atoms. The van der Waals surface area contributed by atoms with Gasteiger partial charge in [-0.2, -0.15) is 0 Å². The lowest BCUT2D eigenvalue weighted by atomic mass is 10.0. The van der Waals surface area contributed by atoms with Crippen LogP contribution in [0.2, 0.25) is 0 Å². The van der Waals surface area contributed by atoms with Crippen molar-refractivity contribution >= 4 is 39.1 Å². The second kappa shape index (κ2) is 76.8. The first-order valence-electron chi connectivity index (χ1n) is 38.5. The minimum absolute atomic E-state index is 0.112. The van der Waals surface area contributed by atoms with Crippen LogP contribution in [-0.2, 0) is 78.4 Å². The third-order valence-corrected chi connectivity index (χ3v) is 25.1. The van der Waals surface area contributed by atoms with E-state index in [1.807, 2.05) is 0 Å². The first-order valence-corrected chi connectivity index (χ1v) is 45.8. The molecule has 7 unspecified atom stereocenters. The smallest absolute Gasteiger partial charge is 0.379 e. The number of rotatable bonds is 76. The van der Waals surface area contributed by atoms with Gasteiger partial charge in [-0.3, -0.25) is 13.7 Å². The minimum Gasteiger partial charge on any atom is -0.379 e. The Balaban J connectivity index is -0.00000139. The molecule has 0 aliphatic rings. The maximum atomic E-state index is 12.5. The zero-order valence-corrected chi connectivity index (χ0v) is 68.1. The van der Waals surface area contributed by atoms with Crippen LogP contribution >= 0.6 is 39.1 Å². The van der Waals surface area contributed by atoms with Gasteiger partial charge in [-0.05, 0) is 23.8 Å². The molecule has 0 fully saturated rings. The van der Waals surface area contributed by atoms with Crippen LogP contribution in [0.25, 0.3) is 0 Å². The fourth-order valence-electron chi connectivity index (χ4n) is 10.7. The number of unbranched alkanes of at least 4 members (excludes halogenated alkanes) is 45. The van der Waals surface area contributed by atoms with E-state index in [9.17, 15) is 37.9 Å². The second-order valence-corrected chi connectivity index (χ2v) is 35.1. The molecule has 0 amide bonds. The van der Waals surface area contributed by atoms with Crippen molar-refractivity contribution in [3.05, 3.63) is 0 Å². The summed E-state index contributed by atoms with van der Waals surface area (Å²) in [6.45, 7) is 9.21. The van der Waals surface area contributed by atoms with E-state index >= 15 is 0 Å². The van der Waals surface area contributed by atoms with Crippen molar-refractivity contribution in [2.75, 3.05) is 102 Å². The molecule has 0 heterocycles. The van der Waals surface area contributed by atoms with Crippen LogP contribution < -0.4 is 0 Å². The normalized spacial score (nSPS) is 14.9. The molecule has 0 aromatic rings. The molecular formula is C71H151O22P5+2. The van der Waals surface area contributed by atoms with Gasteiger partial charge in [0.05, 0.1) is 47.3 Å². The van der Waals surface area contributed by atoms with Crippen LogP contribution in [0.1, 0.15) is 329 Å². The molecular weight excluding hydrogens is 1360 g/mol. The Kier molecular flexibility index (Phi) is 80.3. The zero-order valence-electron chi connectivity index (χ0n) is 63.6. The quantitative estimate of drug-likeness (QED) is 0.0279. The van der Waals surface area contributed by atoms with Crippen molar-refractivity contribution in [1.82, 2.24) is 0 Å². The Morgan fingerprint density at radius 3 is 0.796 bits per heavy atom. The Hall–Kier alpha value is 0.210. The molecule has 0 radical (unpaired) electrons. The van der Waals surface area contributed by atoms with E-state index in [0.717, 1.165) is 52.9 Å². The molecule has 0 rings (SSSR count). The number of hydrogen-bond acceptors (Lipinski definition) is 19. The fourth-order valence-corrected chi connectivity index (χ4v) is 16.0. The van der Waals surface area contributed by atoms with Crippen molar-refractivity contribution in [1.29, 1.82) is 0 Å². The Morgan fingerprint density at radius 2 is 0.571 bits per heavy atom. The fraction of sp³-hybridized carbons (Fsp3) is 1.00. The van der Waals surface area contributed by atoms with E-state index in [1.165, 1.54) is 297 Å². The van der Waals surface area contributed by atoms with E-state index in [2.05, 4.69) is 34.3 Å². The summed E-state index contributed by atoms with van der Waals surface area (Å²) in [4.78, 5) is 27.1. The van der Waals surface area contributed by atoms with Crippen molar-refractivity contribution in [3.8, 4) is 0 Å². The topological polar surface area (TPSA) is 297 Å². The molecule has 98 heavy (non-hydrogen) atoms. The summed E-state index contributed by atoms with van der Waals surface area (Å²) < 4.78 is 119. The first kappa shape index (κ1) is 102. The predicted octanol–water partition coefficient (Wildman–Crippen LogP) is 21.3. The van der Waals surface area contributed by atoms with Crippen LogP contribution in [0, 0.1) is 0 Å². The lowest BCUT2D eigenvalue weighted by molar-refractivity contribution is -0.0187. The molecule has 0 aromatic heterocycles. The summed E-state index contributed by atoms with van der Waals surface area (Å²) in [6.07, 6.45) is 62.6. The highest BCUT2D eigenvalue weighted by Crippen LogP contribution is 2.61. The third kappa shape index (κ3) is 69.3. The van der Waals surface area contributed by atoms with E-state index in [1.54, 1.807) is 7.11 Å². The van der Waals surface area contributed by atoms with Crippen LogP contribution in [-0.4, -0.2) is 156 Å². The molecule has 22 nitrogen and oxygen atoms in total. The van der Waals surface area contributed by atoms with Crippen LogP contribution in [0.3, 0.4) is 0 Å². The Labute approximate surface area is 600 Å². The maximum Gasteiger partial charge on any atom is 0.697 e. The SMILES string of the molecule is CCCCCCCCCCCCCCCCCCOCC(CO[P+](=O)OC)OC.CCCCCCCCCCCCCCCCCCOC[C@H](COP(=O)(O)C(O)P(=O)(O)O)OC.CCCCCCCCCCCCCCCCCCOC[C@H](COP(=O)(OC)C(O)[P+](=O)OC)OC. The van der Waals surface area contributed by atoms with Crippen LogP contribution in [0.4, 0.5) is 0 Å². The van der Waals surface area contributed by atoms with Crippen molar-refractivity contribution in [3.63, 3.8) is 0 Å². The highest BCUT2D eigenvalue weighted by molar-refractivity contribution is 7.70. The van der Waals surface area contributed by atoms with Gasteiger partial charge in [0.25, 0.3) is 5.59 Å². The van der Waals surface area contributed by atoms with E-state index in [0.29, 0.717) is 19.8 Å². The molecule has 0 aliphatic heterocycles. The molecule has 590 valence electrons. The Bertz CT molecular complexity index is 1830. The van der Waals surface area contributed by atoms with Gasteiger partial charge in [-0.25, -0.2) is 0 Å². The lowest BCUT2D eigenvalue weighted by Crippen LogP contribution is -2.25. The minimum atomic E-state index is -5.16. The molecule has 0 spiro atoms. The van der Waals surface area contributed by atoms with Gasteiger partial charge in [0.15, 0.2) is 0 Å². The van der Waals surface area contributed by atoms with Gasteiger partial charge in [0.1, 0.15) is 24.9 Å². The number of aliphatic hydroxyl groups excluding tert-OH is 2. The van der Waals surface area contributed by atoms with Gasteiger partial charge in [0, 0.05) is 52.8 Å². The third-order valence-electron chi connectivity index (χ3n) is 17.2. The molecule has 0 aromatic carbocycles. The second-order valence-electron chi connectivity index (χ2n) is 26.0. The van der Waals surface area contributed by atoms with E-state index in [-0.39, 0.29) is 32.5 Å². The van der Waals surface area contributed by atoms with Gasteiger partial charge in [0.2, 0.25) is 0 Å². The van der Waals surface area contributed by atoms with E-state index in [4.69, 9.17) is 51.8 Å². The summed E-state index contributed by atoms with van der Waals surface area (Å²) in [6, 6.07) is 0. The largest absolute Gasteiger partial charge is 0.697 e. The van der Waals surface area contributed by atoms with E-state index < -0.39 is 69.1 Å². The molecule has 0 saturated heterocycles. The molecule has 0 saturated carbocycles. The lowest BCUT2D eigenvalue weighted by Gasteiger charge is -2.21. The number of methoxy groups -OCH3 is 3. The molecule has 0 aliphatic carbocycles. The van der Waals surface area contributed by atoms with Gasteiger partial charge in [-0.15, -0.1) is 13.6 Å². The average molecular weight is 1510 g/mol. The molecule has 9 atom stereocenters.